The molecule has 0 radical (unpaired) electrons. The van der Waals surface area contributed by atoms with Crippen LogP contribution in [-0.2, 0) is 10.0 Å². The number of benzene rings is 1. The van der Waals surface area contributed by atoms with E-state index in [1.165, 1.54) is 0 Å². The zero-order chi connectivity index (χ0) is 16.4. The SMILES string of the molecule is CC(C)(CO)CNS(=O)(=O)c1cc(Cl)cc(C(=O)O)c1F. The van der Waals surface area contributed by atoms with Gasteiger partial charge in [-0.05, 0) is 12.1 Å². The Morgan fingerprint density at radius 2 is 2.00 bits per heavy atom. The van der Waals surface area contributed by atoms with Gasteiger partial charge in [0.05, 0.1) is 5.56 Å². The van der Waals surface area contributed by atoms with Gasteiger partial charge in [-0.2, -0.15) is 0 Å². The lowest BCUT2D eigenvalue weighted by Crippen LogP contribution is -2.36. The Labute approximate surface area is 126 Å². The smallest absolute Gasteiger partial charge is 0.338 e. The largest absolute Gasteiger partial charge is 0.478 e. The van der Waals surface area contributed by atoms with E-state index in [1.54, 1.807) is 13.8 Å². The first kappa shape index (κ1) is 17.8. The maximum absolute atomic E-state index is 14.0. The predicted molar refractivity (Wildman–Crippen MR) is 74.4 cm³/mol. The van der Waals surface area contributed by atoms with Crippen molar-refractivity contribution in [2.45, 2.75) is 18.7 Å². The lowest BCUT2D eigenvalue weighted by molar-refractivity contribution is 0.0691. The van der Waals surface area contributed by atoms with E-state index in [-0.39, 0.29) is 18.2 Å². The fraction of sp³-hybridized carbons (Fsp3) is 0.417. The minimum absolute atomic E-state index is 0.153. The Hall–Kier alpha value is -1.22. The summed E-state index contributed by atoms with van der Waals surface area (Å²) in [7, 11) is -4.30. The van der Waals surface area contributed by atoms with Crippen molar-refractivity contribution in [3.8, 4) is 0 Å². The van der Waals surface area contributed by atoms with E-state index in [1.807, 2.05) is 0 Å². The third kappa shape index (κ3) is 4.37. The van der Waals surface area contributed by atoms with Gasteiger partial charge in [-0.25, -0.2) is 22.3 Å². The molecule has 0 bridgehead atoms. The summed E-state index contributed by atoms with van der Waals surface area (Å²) in [4.78, 5) is 10.0. The van der Waals surface area contributed by atoms with Gasteiger partial charge in [0.25, 0.3) is 0 Å². The molecule has 0 saturated heterocycles. The van der Waals surface area contributed by atoms with Crippen molar-refractivity contribution < 1.29 is 27.8 Å². The van der Waals surface area contributed by atoms with E-state index >= 15 is 0 Å². The zero-order valence-corrected chi connectivity index (χ0v) is 12.9. The minimum atomic E-state index is -4.30. The number of carboxylic acid groups (broad SMARTS) is 1. The Kier molecular flexibility index (Phi) is 5.32. The number of rotatable bonds is 6. The van der Waals surface area contributed by atoms with Crippen molar-refractivity contribution in [1.29, 1.82) is 0 Å². The molecular weight excluding hydrogens is 325 g/mol. The molecule has 0 aliphatic rings. The molecule has 0 unspecified atom stereocenters. The Morgan fingerprint density at radius 3 is 2.48 bits per heavy atom. The average molecular weight is 340 g/mol. The van der Waals surface area contributed by atoms with Crippen molar-refractivity contribution in [3.05, 3.63) is 28.5 Å². The van der Waals surface area contributed by atoms with Crippen LogP contribution in [0.2, 0.25) is 5.02 Å². The molecule has 0 saturated carbocycles. The molecule has 0 fully saturated rings. The number of carboxylic acids is 1. The summed E-state index contributed by atoms with van der Waals surface area (Å²) >= 11 is 5.63. The number of hydrogen-bond acceptors (Lipinski definition) is 4. The monoisotopic (exact) mass is 339 g/mol. The molecule has 1 aromatic rings. The first-order valence-electron chi connectivity index (χ1n) is 5.83. The van der Waals surface area contributed by atoms with Crippen molar-refractivity contribution in [2.75, 3.05) is 13.2 Å². The normalized spacial score (nSPS) is 12.4. The standard InChI is InChI=1S/C12H15ClFNO5S/c1-12(2,6-16)5-15-21(19,20)9-4-7(13)3-8(10(9)14)11(17)18/h3-4,15-16H,5-6H2,1-2H3,(H,17,18). The summed E-state index contributed by atoms with van der Waals surface area (Å²) in [5, 5.41) is 17.7. The highest BCUT2D eigenvalue weighted by molar-refractivity contribution is 7.89. The van der Waals surface area contributed by atoms with Crippen LogP contribution in [0.3, 0.4) is 0 Å². The van der Waals surface area contributed by atoms with Gasteiger partial charge in [0.2, 0.25) is 10.0 Å². The fourth-order valence-corrected chi connectivity index (χ4v) is 2.99. The van der Waals surface area contributed by atoms with Crippen LogP contribution in [0.1, 0.15) is 24.2 Å². The summed E-state index contributed by atoms with van der Waals surface area (Å²) in [5.41, 5.74) is -1.58. The minimum Gasteiger partial charge on any atom is -0.478 e. The molecule has 0 heterocycles. The van der Waals surface area contributed by atoms with Crippen molar-refractivity contribution in [1.82, 2.24) is 4.72 Å². The van der Waals surface area contributed by atoms with Crippen molar-refractivity contribution in [3.63, 3.8) is 0 Å². The lowest BCUT2D eigenvalue weighted by atomic mass is 9.96. The summed E-state index contributed by atoms with van der Waals surface area (Å²) < 4.78 is 40.2. The second-order valence-corrected chi connectivity index (χ2v) is 7.39. The van der Waals surface area contributed by atoms with E-state index in [2.05, 4.69) is 4.72 Å². The Bertz CT molecular complexity index is 660. The van der Waals surface area contributed by atoms with Gasteiger partial charge in [0, 0.05) is 23.6 Å². The predicted octanol–water partition coefficient (Wildman–Crippen LogP) is 1.47. The van der Waals surface area contributed by atoms with Crippen LogP contribution < -0.4 is 4.72 Å². The number of nitrogens with one attached hydrogen (secondary N) is 1. The average Bonchev–Trinajstić information content (AvgIpc) is 2.38. The van der Waals surface area contributed by atoms with Gasteiger partial charge in [0.1, 0.15) is 4.90 Å². The second-order valence-electron chi connectivity index (χ2n) is 5.22. The quantitative estimate of drug-likeness (QED) is 0.728. The maximum Gasteiger partial charge on any atom is 0.338 e. The number of aliphatic hydroxyl groups is 1. The van der Waals surface area contributed by atoms with Gasteiger partial charge in [-0.1, -0.05) is 25.4 Å². The Balaban J connectivity index is 3.23. The molecule has 9 heteroatoms. The second kappa shape index (κ2) is 6.27. The molecule has 3 N–H and O–H groups in total. The van der Waals surface area contributed by atoms with E-state index in [0.29, 0.717) is 0 Å². The van der Waals surface area contributed by atoms with Crippen molar-refractivity contribution >= 4 is 27.6 Å². The van der Waals surface area contributed by atoms with E-state index in [4.69, 9.17) is 21.8 Å². The molecule has 118 valence electrons. The summed E-state index contributed by atoms with van der Waals surface area (Å²) in [6.45, 7) is 2.77. The highest BCUT2D eigenvalue weighted by Gasteiger charge is 2.27. The highest BCUT2D eigenvalue weighted by atomic mass is 35.5. The summed E-state index contributed by atoms with van der Waals surface area (Å²) in [6, 6.07) is 1.66. The zero-order valence-electron chi connectivity index (χ0n) is 11.4. The number of carbonyl (C=O) groups is 1. The van der Waals surface area contributed by atoms with E-state index in [0.717, 1.165) is 12.1 Å². The molecular formula is C12H15ClFNO5S. The van der Waals surface area contributed by atoms with Crippen LogP contribution in [0, 0.1) is 11.2 Å². The van der Waals surface area contributed by atoms with Gasteiger partial charge in [-0.15, -0.1) is 0 Å². The molecule has 0 aromatic heterocycles. The number of sulfonamides is 1. The van der Waals surface area contributed by atoms with Crippen molar-refractivity contribution in [2.24, 2.45) is 5.41 Å². The van der Waals surface area contributed by atoms with Crippen LogP contribution in [0.5, 0.6) is 0 Å². The molecule has 0 atom stereocenters. The topological polar surface area (TPSA) is 104 Å². The molecule has 0 aliphatic carbocycles. The fourth-order valence-electron chi connectivity index (χ4n) is 1.34. The van der Waals surface area contributed by atoms with Crippen LogP contribution >= 0.6 is 11.6 Å². The lowest BCUT2D eigenvalue weighted by Gasteiger charge is -2.22. The van der Waals surface area contributed by atoms with Crippen LogP contribution in [0.4, 0.5) is 4.39 Å². The molecule has 1 aromatic carbocycles. The summed E-state index contributed by atoms with van der Waals surface area (Å²) in [6.07, 6.45) is 0. The first-order chi connectivity index (χ1) is 9.50. The van der Waals surface area contributed by atoms with Crippen LogP contribution in [0.25, 0.3) is 0 Å². The first-order valence-corrected chi connectivity index (χ1v) is 7.69. The number of aliphatic hydroxyl groups excluding tert-OH is 1. The van der Waals surface area contributed by atoms with Gasteiger partial charge >= 0.3 is 5.97 Å². The molecule has 1 rings (SSSR count). The molecule has 0 amide bonds. The molecule has 0 aliphatic heterocycles. The molecule has 0 spiro atoms. The van der Waals surface area contributed by atoms with Crippen LogP contribution in [0.15, 0.2) is 17.0 Å². The third-order valence-electron chi connectivity index (χ3n) is 2.69. The molecule has 6 nitrogen and oxygen atoms in total. The third-order valence-corrected chi connectivity index (χ3v) is 4.31. The number of hydrogen-bond donors (Lipinski definition) is 3. The summed E-state index contributed by atoms with van der Waals surface area (Å²) in [5.74, 6) is -3.01. The highest BCUT2D eigenvalue weighted by Crippen LogP contribution is 2.24. The number of halogens is 2. The van der Waals surface area contributed by atoms with Gasteiger partial charge in [-0.3, -0.25) is 0 Å². The molecule has 21 heavy (non-hydrogen) atoms. The van der Waals surface area contributed by atoms with E-state index < -0.39 is 37.7 Å². The number of aromatic carboxylic acids is 1. The van der Waals surface area contributed by atoms with Gasteiger partial charge in [0.15, 0.2) is 5.82 Å². The maximum atomic E-state index is 14.0. The van der Waals surface area contributed by atoms with E-state index in [9.17, 15) is 17.6 Å². The van der Waals surface area contributed by atoms with Crippen LogP contribution in [-0.4, -0.2) is 37.8 Å². The Morgan fingerprint density at radius 1 is 1.43 bits per heavy atom. The van der Waals surface area contributed by atoms with Gasteiger partial charge < -0.3 is 10.2 Å².